The van der Waals surface area contributed by atoms with Gasteiger partial charge < -0.3 is 15.3 Å². The fraction of sp³-hybridized carbons (Fsp3) is 0.877. The monoisotopic (exact) mass is 887 g/mol. The molecule has 0 aromatic carbocycles. The maximum absolute atomic E-state index is 13.6. The van der Waals surface area contributed by atoms with Crippen molar-refractivity contribution < 1.29 is 29.7 Å². The average molecular weight is 887 g/mol. The Labute approximate surface area is 391 Å². The number of carbonyl (C=O) groups is 3. The van der Waals surface area contributed by atoms with E-state index < -0.39 is 35.2 Å². The summed E-state index contributed by atoms with van der Waals surface area (Å²) in [5, 5.41) is 34.2. The van der Waals surface area contributed by atoms with Gasteiger partial charge in [-0.2, -0.15) is 0 Å². The number of Topliss-reactive ketones (excluding diaryl/α,β-unsaturated/α-hetero) is 3. The van der Waals surface area contributed by atoms with Crippen molar-refractivity contribution in [3.05, 3.63) is 24.3 Å². The third kappa shape index (κ3) is 36.2. The van der Waals surface area contributed by atoms with Crippen LogP contribution in [0.25, 0.3) is 0 Å². The molecule has 0 saturated heterocycles. The molecule has 0 aliphatic heterocycles. The van der Waals surface area contributed by atoms with Gasteiger partial charge in [0.2, 0.25) is 0 Å². The highest BCUT2D eigenvalue weighted by molar-refractivity contribution is 6.01. The first-order valence-corrected chi connectivity index (χ1v) is 27.7. The summed E-state index contributed by atoms with van der Waals surface area (Å²) in [6.45, 7) is 6.75. The van der Waals surface area contributed by atoms with Crippen LogP contribution < -0.4 is 0 Å². The largest absolute Gasteiger partial charge is 0.382 e. The van der Waals surface area contributed by atoms with Crippen LogP contribution in [0.4, 0.5) is 0 Å². The Morgan fingerprint density at radius 3 is 0.794 bits per heavy atom. The van der Waals surface area contributed by atoms with Gasteiger partial charge in [0.15, 0.2) is 35.2 Å². The molecule has 0 rings (SSSR count). The highest BCUT2D eigenvalue weighted by Gasteiger charge is 2.53. The van der Waals surface area contributed by atoms with Crippen molar-refractivity contribution in [3.8, 4) is 0 Å². The minimum absolute atomic E-state index is 0.00300. The van der Waals surface area contributed by atoms with E-state index in [-0.39, 0.29) is 19.3 Å². The maximum Gasteiger partial charge on any atom is 0.189 e. The first kappa shape index (κ1) is 61.4. The lowest BCUT2D eigenvalue weighted by Crippen LogP contribution is -2.63. The predicted molar refractivity (Wildman–Crippen MR) is 270 cm³/mol. The topological polar surface area (TPSA) is 112 Å². The van der Waals surface area contributed by atoms with Crippen molar-refractivity contribution in [1.82, 2.24) is 0 Å². The van der Waals surface area contributed by atoms with Gasteiger partial charge in [-0.1, -0.05) is 238 Å². The quantitative estimate of drug-likeness (QED) is 0.0414. The highest BCUT2D eigenvalue weighted by Crippen LogP contribution is 2.26. The van der Waals surface area contributed by atoms with Crippen LogP contribution in [0.3, 0.4) is 0 Å². The third-order valence-corrected chi connectivity index (χ3v) is 13.3. The van der Waals surface area contributed by atoms with E-state index in [4.69, 9.17) is 0 Å². The number of carbonyl (C=O) groups excluding carboxylic acids is 3. The van der Waals surface area contributed by atoms with E-state index in [9.17, 15) is 29.7 Å². The summed E-state index contributed by atoms with van der Waals surface area (Å²) < 4.78 is 0. The highest BCUT2D eigenvalue weighted by atomic mass is 16.4. The number of aliphatic hydroxyl groups excluding tert-OH is 2. The molecule has 0 heterocycles. The number of hydrogen-bond donors (Lipinski definition) is 3. The molecule has 3 N–H and O–H groups in total. The molecule has 2 atom stereocenters. The molecule has 0 bridgehead atoms. The van der Waals surface area contributed by atoms with Gasteiger partial charge >= 0.3 is 0 Å². The van der Waals surface area contributed by atoms with Gasteiger partial charge in [-0.05, 0) is 70.6 Å². The van der Waals surface area contributed by atoms with Gasteiger partial charge in [-0.3, -0.25) is 14.4 Å². The van der Waals surface area contributed by atoms with Gasteiger partial charge in [-0.25, -0.2) is 0 Å². The van der Waals surface area contributed by atoms with Gasteiger partial charge in [0.05, 0.1) is 0 Å². The third-order valence-electron chi connectivity index (χ3n) is 13.3. The SMILES string of the molecule is CCCCCCCCC=CCCCCCCCC(=O)C(O)C(O)(C(=O)CCCCCCCCCCCCCCCCC)C(O)C(=O)CCCCCCCC=CCCCCCCCC. The zero-order valence-corrected chi connectivity index (χ0v) is 42.1. The number of aliphatic hydroxyl groups is 3. The van der Waals surface area contributed by atoms with E-state index in [2.05, 4.69) is 45.1 Å². The van der Waals surface area contributed by atoms with Crippen LogP contribution in [0.5, 0.6) is 0 Å². The second kappa shape index (κ2) is 46.9. The first-order valence-electron chi connectivity index (χ1n) is 27.7. The fourth-order valence-corrected chi connectivity index (χ4v) is 8.82. The Bertz CT molecular complexity index is 1020. The van der Waals surface area contributed by atoms with Crippen LogP contribution in [-0.4, -0.2) is 50.5 Å². The molecule has 2 unspecified atom stereocenters. The number of unbranched alkanes of at least 4 members (excludes halogenated alkanes) is 36. The Hall–Kier alpha value is -1.63. The first-order chi connectivity index (χ1) is 30.8. The van der Waals surface area contributed by atoms with Crippen molar-refractivity contribution >= 4 is 17.3 Å². The molecule has 6 heteroatoms. The molecule has 0 aliphatic carbocycles. The van der Waals surface area contributed by atoms with E-state index in [1.54, 1.807) is 0 Å². The lowest BCUT2D eigenvalue weighted by atomic mass is 9.78. The number of rotatable bonds is 51. The molecule has 0 fully saturated rings. The molecule has 0 aromatic heterocycles. The Kier molecular flexibility index (Phi) is 45.7. The van der Waals surface area contributed by atoms with Crippen LogP contribution in [0, 0.1) is 0 Å². The summed E-state index contributed by atoms with van der Waals surface area (Å²) in [4.78, 5) is 40.2. The van der Waals surface area contributed by atoms with Crippen molar-refractivity contribution in [1.29, 1.82) is 0 Å². The van der Waals surface area contributed by atoms with Gasteiger partial charge in [0.1, 0.15) is 0 Å². The van der Waals surface area contributed by atoms with E-state index >= 15 is 0 Å². The molecule has 0 amide bonds. The molecule has 370 valence electrons. The lowest BCUT2D eigenvalue weighted by Gasteiger charge is -2.34. The smallest absolute Gasteiger partial charge is 0.189 e. The molecule has 0 aromatic rings. The minimum Gasteiger partial charge on any atom is -0.382 e. The summed E-state index contributed by atoms with van der Waals surface area (Å²) in [6.07, 6.45) is 51.8. The normalized spacial score (nSPS) is 13.9. The van der Waals surface area contributed by atoms with Crippen LogP contribution in [0.2, 0.25) is 0 Å². The van der Waals surface area contributed by atoms with Gasteiger partial charge in [0, 0.05) is 19.3 Å². The summed E-state index contributed by atoms with van der Waals surface area (Å²) in [5.41, 5.74) is -2.81. The van der Waals surface area contributed by atoms with Crippen molar-refractivity contribution in [2.75, 3.05) is 0 Å². The van der Waals surface area contributed by atoms with Crippen LogP contribution >= 0.6 is 0 Å². The summed E-state index contributed by atoms with van der Waals surface area (Å²) in [6, 6.07) is 0. The average Bonchev–Trinajstić information content (AvgIpc) is 3.29. The molecule has 0 spiro atoms. The van der Waals surface area contributed by atoms with Crippen molar-refractivity contribution in [3.63, 3.8) is 0 Å². The standard InChI is InChI=1S/C57H106O6/c1-4-7-10-13-16-19-22-25-28-31-34-37-40-43-46-49-52(58)55(61)57(63,54(60)51-48-45-42-39-36-33-30-27-24-21-18-15-12-9-6-3)56(62)53(59)50-47-44-41-38-35-32-29-26-23-20-17-14-11-8-5-2/h25-26,28-29,55-56,61-63H,4-24,27,30-51H2,1-3H3. The van der Waals surface area contributed by atoms with Crippen molar-refractivity contribution in [2.24, 2.45) is 0 Å². The van der Waals surface area contributed by atoms with Crippen LogP contribution in [0.15, 0.2) is 24.3 Å². The van der Waals surface area contributed by atoms with E-state index in [1.807, 2.05) is 0 Å². The predicted octanol–water partition coefficient (Wildman–Crippen LogP) is 16.5. The molecule has 6 nitrogen and oxygen atoms in total. The zero-order chi connectivity index (χ0) is 46.3. The molecular formula is C57H106O6. The van der Waals surface area contributed by atoms with Gasteiger partial charge in [-0.15, -0.1) is 0 Å². The second-order valence-electron chi connectivity index (χ2n) is 19.4. The van der Waals surface area contributed by atoms with Crippen molar-refractivity contribution in [2.45, 2.75) is 321 Å². The number of allylic oxidation sites excluding steroid dienone is 4. The molecular weight excluding hydrogens is 781 g/mol. The van der Waals surface area contributed by atoms with Gasteiger partial charge in [0.25, 0.3) is 0 Å². The Balaban J connectivity index is 4.79. The van der Waals surface area contributed by atoms with Crippen LogP contribution in [0.1, 0.15) is 303 Å². The Morgan fingerprint density at radius 1 is 0.333 bits per heavy atom. The summed E-state index contributed by atoms with van der Waals surface area (Å²) in [7, 11) is 0. The fourth-order valence-electron chi connectivity index (χ4n) is 8.82. The summed E-state index contributed by atoms with van der Waals surface area (Å²) >= 11 is 0. The number of ketones is 3. The van der Waals surface area contributed by atoms with E-state index in [0.717, 1.165) is 96.3 Å². The second-order valence-corrected chi connectivity index (χ2v) is 19.4. The molecule has 0 radical (unpaired) electrons. The Morgan fingerprint density at radius 2 is 0.540 bits per heavy atom. The van der Waals surface area contributed by atoms with Crippen LogP contribution in [-0.2, 0) is 14.4 Å². The van der Waals surface area contributed by atoms with E-state index in [0.29, 0.717) is 19.3 Å². The molecule has 0 aliphatic rings. The zero-order valence-electron chi connectivity index (χ0n) is 42.1. The summed E-state index contributed by atoms with van der Waals surface area (Å²) in [5.74, 6) is -2.14. The number of hydrogen-bond acceptors (Lipinski definition) is 6. The lowest BCUT2D eigenvalue weighted by molar-refractivity contribution is -0.181. The maximum atomic E-state index is 13.6. The van der Waals surface area contributed by atoms with E-state index in [1.165, 1.54) is 148 Å². The molecule has 63 heavy (non-hydrogen) atoms. The molecule has 0 saturated carbocycles. The minimum atomic E-state index is -2.81.